The van der Waals surface area contributed by atoms with Crippen LogP contribution in [0.25, 0.3) is 0 Å². The fourth-order valence-corrected chi connectivity index (χ4v) is 4.03. The molecule has 1 atom stereocenters. The number of carbonyl (C=O) groups is 1. The van der Waals surface area contributed by atoms with Crippen LogP contribution in [-0.2, 0) is 12.8 Å². The van der Waals surface area contributed by atoms with Crippen molar-refractivity contribution in [3.05, 3.63) is 77.1 Å². The molecule has 4 rings (SSSR count). The SMILES string of the molecule is CN1C[C@H](NC(=O)n2cc(Cc3cccnc3F)cn2)CCc2ccc(C#CC(C)(C)CO)cc21. The zero-order chi connectivity index (χ0) is 25.0. The molecule has 3 aromatic rings. The van der Waals surface area contributed by atoms with Crippen molar-refractivity contribution in [3.63, 3.8) is 0 Å². The fourth-order valence-electron chi connectivity index (χ4n) is 4.03. The van der Waals surface area contributed by atoms with Gasteiger partial charge in [0, 0.05) is 60.7 Å². The van der Waals surface area contributed by atoms with Gasteiger partial charge < -0.3 is 15.3 Å². The van der Waals surface area contributed by atoms with E-state index in [0.717, 1.165) is 29.7 Å². The molecule has 1 aliphatic heterocycles. The fraction of sp³-hybridized carbons (Fsp3) is 0.370. The topological polar surface area (TPSA) is 83.3 Å². The van der Waals surface area contributed by atoms with E-state index in [2.05, 4.69) is 44.3 Å². The molecule has 1 aromatic carbocycles. The molecule has 0 aliphatic carbocycles. The maximum absolute atomic E-state index is 13.8. The number of benzene rings is 1. The molecule has 182 valence electrons. The number of pyridine rings is 1. The number of likely N-dealkylation sites (N-methyl/N-ethyl adjacent to an activating group) is 1. The molecule has 1 amide bonds. The first-order valence-corrected chi connectivity index (χ1v) is 11.7. The zero-order valence-corrected chi connectivity index (χ0v) is 20.3. The second-order valence-electron chi connectivity index (χ2n) is 9.62. The number of halogens is 1. The van der Waals surface area contributed by atoms with Gasteiger partial charge in [0.1, 0.15) is 0 Å². The highest BCUT2D eigenvalue weighted by molar-refractivity contribution is 5.76. The van der Waals surface area contributed by atoms with E-state index in [1.807, 2.05) is 27.0 Å². The number of hydrogen-bond acceptors (Lipinski definition) is 5. The van der Waals surface area contributed by atoms with E-state index in [1.54, 1.807) is 24.5 Å². The van der Waals surface area contributed by atoms with Crippen LogP contribution in [0.2, 0.25) is 0 Å². The van der Waals surface area contributed by atoms with E-state index in [4.69, 9.17) is 0 Å². The van der Waals surface area contributed by atoms with Gasteiger partial charge in [-0.15, -0.1) is 0 Å². The lowest BCUT2D eigenvalue weighted by molar-refractivity contribution is 0.206. The lowest BCUT2D eigenvalue weighted by atomic mass is 9.95. The number of fused-ring (bicyclic) bond motifs is 1. The number of aromatic nitrogens is 3. The molecule has 0 bridgehead atoms. The number of hydrogen-bond donors (Lipinski definition) is 2. The maximum Gasteiger partial charge on any atom is 0.342 e. The number of aliphatic hydroxyl groups is 1. The summed E-state index contributed by atoms with van der Waals surface area (Å²) >= 11 is 0. The van der Waals surface area contributed by atoms with Crippen LogP contribution < -0.4 is 10.2 Å². The third-order valence-electron chi connectivity index (χ3n) is 6.10. The predicted octanol–water partition coefficient (Wildman–Crippen LogP) is 3.39. The average Bonchev–Trinajstić information content (AvgIpc) is 3.25. The molecule has 0 spiro atoms. The van der Waals surface area contributed by atoms with E-state index < -0.39 is 11.4 Å². The number of carbonyl (C=O) groups excluding carboxylic acids is 1. The highest BCUT2D eigenvalue weighted by Crippen LogP contribution is 2.27. The summed E-state index contributed by atoms with van der Waals surface area (Å²) < 4.78 is 15.1. The quantitative estimate of drug-likeness (QED) is 0.447. The minimum atomic E-state index is -0.517. The van der Waals surface area contributed by atoms with Gasteiger partial charge in [-0.05, 0) is 56.0 Å². The van der Waals surface area contributed by atoms with Gasteiger partial charge in [-0.1, -0.05) is 24.0 Å². The monoisotopic (exact) mass is 475 g/mol. The van der Waals surface area contributed by atoms with Gasteiger partial charge in [-0.2, -0.15) is 14.2 Å². The number of amides is 1. The molecule has 0 saturated carbocycles. The van der Waals surface area contributed by atoms with Crippen molar-refractivity contribution < 1.29 is 14.3 Å². The smallest absolute Gasteiger partial charge is 0.342 e. The van der Waals surface area contributed by atoms with Gasteiger partial charge in [0.2, 0.25) is 5.95 Å². The van der Waals surface area contributed by atoms with Gasteiger partial charge in [0.15, 0.2) is 0 Å². The third kappa shape index (κ3) is 6.06. The summed E-state index contributed by atoms with van der Waals surface area (Å²) in [4.78, 5) is 18.6. The van der Waals surface area contributed by atoms with Crippen molar-refractivity contribution in [3.8, 4) is 11.8 Å². The number of aryl methyl sites for hydroxylation is 1. The number of rotatable bonds is 4. The first-order chi connectivity index (χ1) is 16.7. The molecule has 0 unspecified atom stereocenters. The molecule has 35 heavy (non-hydrogen) atoms. The van der Waals surface area contributed by atoms with Crippen molar-refractivity contribution >= 4 is 11.7 Å². The Kier molecular flexibility index (Phi) is 7.17. The Morgan fingerprint density at radius 3 is 2.94 bits per heavy atom. The van der Waals surface area contributed by atoms with Crippen molar-refractivity contribution in [2.24, 2.45) is 5.41 Å². The Balaban J connectivity index is 1.41. The first-order valence-electron chi connectivity index (χ1n) is 11.7. The molecule has 2 N–H and O–H groups in total. The Hall–Kier alpha value is -3.70. The van der Waals surface area contributed by atoms with E-state index in [0.29, 0.717) is 18.5 Å². The molecule has 0 fully saturated rings. The van der Waals surface area contributed by atoms with Crippen LogP contribution in [0, 0.1) is 23.2 Å². The number of nitrogens with zero attached hydrogens (tertiary/aromatic N) is 4. The first kappa shape index (κ1) is 24.4. The highest BCUT2D eigenvalue weighted by Gasteiger charge is 2.22. The summed E-state index contributed by atoms with van der Waals surface area (Å²) in [5.41, 5.74) is 3.93. The summed E-state index contributed by atoms with van der Waals surface area (Å²) in [6, 6.07) is 9.13. The highest BCUT2D eigenvalue weighted by atomic mass is 19.1. The van der Waals surface area contributed by atoms with Crippen molar-refractivity contribution in [1.29, 1.82) is 0 Å². The molecule has 7 nitrogen and oxygen atoms in total. The van der Waals surface area contributed by atoms with Crippen LogP contribution in [0.15, 0.2) is 48.9 Å². The molecular formula is C27H30FN5O2. The normalized spacial score (nSPS) is 15.6. The number of anilines is 1. The summed E-state index contributed by atoms with van der Waals surface area (Å²) in [6.45, 7) is 4.46. The average molecular weight is 476 g/mol. The van der Waals surface area contributed by atoms with Gasteiger partial charge >= 0.3 is 6.03 Å². The molecule has 0 saturated heterocycles. The van der Waals surface area contributed by atoms with Crippen LogP contribution in [0.1, 0.15) is 42.5 Å². The molecular weight excluding hydrogens is 445 g/mol. The molecule has 1 aliphatic rings. The Morgan fingerprint density at radius 1 is 1.34 bits per heavy atom. The molecule has 2 aromatic heterocycles. The molecule has 0 radical (unpaired) electrons. The van der Waals surface area contributed by atoms with E-state index in [-0.39, 0.29) is 18.7 Å². The Labute approximate surface area is 205 Å². The molecule has 8 heteroatoms. The maximum atomic E-state index is 13.8. The van der Waals surface area contributed by atoms with E-state index in [1.165, 1.54) is 16.4 Å². The number of nitrogens with one attached hydrogen (secondary N) is 1. The summed E-state index contributed by atoms with van der Waals surface area (Å²) in [5.74, 6) is 5.78. The van der Waals surface area contributed by atoms with Crippen molar-refractivity contribution in [2.75, 3.05) is 25.1 Å². The van der Waals surface area contributed by atoms with Crippen molar-refractivity contribution in [2.45, 2.75) is 39.2 Å². The third-order valence-corrected chi connectivity index (χ3v) is 6.10. The summed E-state index contributed by atoms with van der Waals surface area (Å²) in [7, 11) is 2.01. The van der Waals surface area contributed by atoms with Gasteiger partial charge in [-0.3, -0.25) is 0 Å². The minimum Gasteiger partial charge on any atom is -0.395 e. The van der Waals surface area contributed by atoms with Crippen LogP contribution in [0.3, 0.4) is 0 Å². The van der Waals surface area contributed by atoms with E-state index in [9.17, 15) is 14.3 Å². The van der Waals surface area contributed by atoms with Gasteiger partial charge in [0.05, 0.1) is 12.8 Å². The Morgan fingerprint density at radius 2 is 2.17 bits per heavy atom. The van der Waals surface area contributed by atoms with Gasteiger partial charge in [-0.25, -0.2) is 9.78 Å². The summed E-state index contributed by atoms with van der Waals surface area (Å²) in [5, 5.41) is 16.7. The second-order valence-corrected chi connectivity index (χ2v) is 9.62. The summed E-state index contributed by atoms with van der Waals surface area (Å²) in [6.07, 6.45) is 6.53. The largest absolute Gasteiger partial charge is 0.395 e. The molecule has 3 heterocycles. The minimum absolute atomic E-state index is 0.00428. The zero-order valence-electron chi connectivity index (χ0n) is 20.3. The standard InChI is InChI=1S/C27H30FN5O2/c1-27(2,18-34)11-10-19-6-7-21-8-9-23(17-32(3)24(21)14-19)31-26(35)33-16-20(15-30-33)13-22-5-4-12-29-25(22)28/h4-7,12,14-16,23,34H,8-9,13,17-18H2,1-3H3,(H,31,35)/t23-/m1/s1. The number of aliphatic hydroxyl groups excluding tert-OH is 1. The van der Waals surface area contributed by atoms with Crippen molar-refractivity contribution in [1.82, 2.24) is 20.1 Å². The van der Waals surface area contributed by atoms with Gasteiger partial charge in [0.25, 0.3) is 0 Å². The van der Waals surface area contributed by atoms with Crippen LogP contribution in [0.4, 0.5) is 14.9 Å². The van der Waals surface area contributed by atoms with Crippen LogP contribution >= 0.6 is 0 Å². The Bertz CT molecular complexity index is 1270. The van der Waals surface area contributed by atoms with Crippen LogP contribution in [0.5, 0.6) is 0 Å². The predicted molar refractivity (Wildman–Crippen MR) is 133 cm³/mol. The lowest BCUT2D eigenvalue weighted by Crippen LogP contribution is -2.43. The second kappa shape index (κ2) is 10.3. The van der Waals surface area contributed by atoms with Crippen LogP contribution in [-0.4, -0.2) is 52.1 Å². The lowest BCUT2D eigenvalue weighted by Gasteiger charge is -2.24. The van der Waals surface area contributed by atoms with E-state index >= 15 is 0 Å².